The fourth-order valence-electron chi connectivity index (χ4n) is 2.88. The molecule has 0 heterocycles. The highest BCUT2D eigenvalue weighted by molar-refractivity contribution is 5.76. The molecule has 0 radical (unpaired) electrons. The molecule has 5 heteroatoms. The quantitative estimate of drug-likeness (QED) is 0.750. The lowest BCUT2D eigenvalue weighted by atomic mass is 10.1. The second kappa shape index (κ2) is 9.82. The predicted molar refractivity (Wildman–Crippen MR) is 102 cm³/mol. The van der Waals surface area contributed by atoms with Crippen LogP contribution in [0.2, 0.25) is 0 Å². The van der Waals surface area contributed by atoms with Gasteiger partial charge in [0, 0.05) is 31.1 Å². The van der Waals surface area contributed by atoms with Gasteiger partial charge < -0.3 is 19.5 Å². The van der Waals surface area contributed by atoms with Crippen molar-refractivity contribution in [1.29, 1.82) is 0 Å². The summed E-state index contributed by atoms with van der Waals surface area (Å²) in [4.78, 5) is 14.3. The van der Waals surface area contributed by atoms with Crippen LogP contribution in [0.25, 0.3) is 0 Å². The van der Waals surface area contributed by atoms with Crippen molar-refractivity contribution < 1.29 is 19.4 Å². The molecule has 0 aromatic heterocycles. The highest BCUT2D eigenvalue weighted by atomic mass is 16.5. The van der Waals surface area contributed by atoms with Crippen molar-refractivity contribution in [1.82, 2.24) is 4.90 Å². The lowest BCUT2D eigenvalue weighted by molar-refractivity contribution is -0.132. The molecule has 0 aliphatic heterocycles. The number of aryl methyl sites for hydroxylation is 2. The molecule has 1 amide bonds. The maximum Gasteiger partial charge on any atom is 0.223 e. The number of benzene rings is 2. The maximum absolute atomic E-state index is 12.7. The van der Waals surface area contributed by atoms with E-state index in [2.05, 4.69) is 6.07 Å². The van der Waals surface area contributed by atoms with Crippen molar-refractivity contribution in [2.75, 3.05) is 27.4 Å². The number of hydrogen-bond donors (Lipinski definition) is 1. The summed E-state index contributed by atoms with van der Waals surface area (Å²) < 4.78 is 10.6. The van der Waals surface area contributed by atoms with Gasteiger partial charge in [-0.3, -0.25) is 4.79 Å². The fraction of sp³-hybridized carbons (Fsp3) is 0.381. The Morgan fingerprint density at radius 1 is 1.12 bits per heavy atom. The molecule has 5 nitrogen and oxygen atoms in total. The van der Waals surface area contributed by atoms with E-state index in [0.717, 1.165) is 11.1 Å². The van der Waals surface area contributed by atoms with Gasteiger partial charge in [0.15, 0.2) is 0 Å². The van der Waals surface area contributed by atoms with Gasteiger partial charge in [-0.05, 0) is 31.0 Å². The molecule has 2 aromatic carbocycles. The van der Waals surface area contributed by atoms with Crippen molar-refractivity contribution in [3.8, 4) is 11.5 Å². The number of methoxy groups -OCH3 is 2. The summed E-state index contributed by atoms with van der Waals surface area (Å²) in [5.74, 6) is 1.38. The van der Waals surface area contributed by atoms with Crippen molar-refractivity contribution in [3.05, 3.63) is 59.2 Å². The van der Waals surface area contributed by atoms with E-state index in [1.165, 1.54) is 5.56 Å². The smallest absolute Gasteiger partial charge is 0.223 e. The Bertz CT molecular complexity index is 730. The van der Waals surface area contributed by atoms with Crippen molar-refractivity contribution >= 4 is 5.91 Å². The predicted octanol–water partition coefficient (Wildman–Crippen LogP) is 2.97. The summed E-state index contributed by atoms with van der Waals surface area (Å²) >= 11 is 0. The molecule has 0 fully saturated rings. The Labute approximate surface area is 155 Å². The molecule has 0 spiro atoms. The van der Waals surface area contributed by atoms with Crippen molar-refractivity contribution in [2.24, 2.45) is 0 Å². The standard InChI is InChI=1S/C21H27NO4/c1-16-5-4-6-17(13-16)7-10-21(24)22(11-12-23)15-18-8-9-19(25-2)14-20(18)26-3/h4-6,8-9,13-14,23H,7,10-12,15H2,1-3H3. The van der Waals surface area contributed by atoms with Crippen LogP contribution in [-0.2, 0) is 17.8 Å². The van der Waals surface area contributed by atoms with Gasteiger partial charge in [0.1, 0.15) is 11.5 Å². The van der Waals surface area contributed by atoms with Gasteiger partial charge in [0.2, 0.25) is 5.91 Å². The molecular weight excluding hydrogens is 330 g/mol. The molecular formula is C21H27NO4. The summed E-state index contributed by atoms with van der Waals surface area (Å²) in [6, 6.07) is 13.7. The van der Waals surface area contributed by atoms with Crippen LogP contribution in [0.5, 0.6) is 11.5 Å². The van der Waals surface area contributed by atoms with E-state index in [4.69, 9.17) is 9.47 Å². The molecule has 0 aliphatic rings. The van der Waals surface area contributed by atoms with Crippen molar-refractivity contribution in [2.45, 2.75) is 26.3 Å². The van der Waals surface area contributed by atoms with Gasteiger partial charge in [-0.25, -0.2) is 0 Å². The summed E-state index contributed by atoms with van der Waals surface area (Å²) in [5, 5.41) is 9.35. The van der Waals surface area contributed by atoms with Crippen LogP contribution in [0, 0.1) is 6.92 Å². The first-order valence-electron chi connectivity index (χ1n) is 8.72. The number of rotatable bonds is 9. The number of amides is 1. The first-order chi connectivity index (χ1) is 12.6. The van der Waals surface area contributed by atoms with Crippen LogP contribution in [-0.4, -0.2) is 43.3 Å². The molecule has 0 bridgehead atoms. The molecule has 0 saturated heterocycles. The summed E-state index contributed by atoms with van der Waals surface area (Å²) in [7, 11) is 3.19. The van der Waals surface area contributed by atoms with Crippen molar-refractivity contribution in [3.63, 3.8) is 0 Å². The van der Waals surface area contributed by atoms with Gasteiger partial charge in [-0.2, -0.15) is 0 Å². The minimum absolute atomic E-state index is 0.0124. The minimum atomic E-state index is -0.0747. The average molecular weight is 357 g/mol. The topological polar surface area (TPSA) is 59.0 Å². The molecule has 2 aromatic rings. The number of aliphatic hydroxyl groups is 1. The average Bonchev–Trinajstić information content (AvgIpc) is 2.66. The van der Waals surface area contributed by atoms with Crippen LogP contribution < -0.4 is 9.47 Å². The Kier molecular flexibility index (Phi) is 7.48. The maximum atomic E-state index is 12.7. The Hall–Kier alpha value is -2.53. The van der Waals surface area contributed by atoms with Crippen LogP contribution >= 0.6 is 0 Å². The summed E-state index contributed by atoms with van der Waals surface area (Å²) in [6.45, 7) is 2.65. The molecule has 0 unspecified atom stereocenters. The van der Waals surface area contributed by atoms with Gasteiger partial charge in [-0.15, -0.1) is 0 Å². The number of nitrogens with zero attached hydrogens (tertiary/aromatic N) is 1. The Morgan fingerprint density at radius 2 is 1.92 bits per heavy atom. The molecule has 140 valence electrons. The van der Waals surface area contributed by atoms with E-state index < -0.39 is 0 Å². The zero-order valence-corrected chi connectivity index (χ0v) is 15.7. The molecule has 1 N–H and O–H groups in total. The lowest BCUT2D eigenvalue weighted by Crippen LogP contribution is -2.33. The zero-order valence-electron chi connectivity index (χ0n) is 15.7. The van der Waals surface area contributed by atoms with Crippen LogP contribution in [0.3, 0.4) is 0 Å². The largest absolute Gasteiger partial charge is 0.497 e. The van der Waals surface area contributed by atoms with Gasteiger partial charge >= 0.3 is 0 Å². The molecule has 0 saturated carbocycles. The number of carbonyl (C=O) groups is 1. The second-order valence-corrected chi connectivity index (χ2v) is 6.21. The van der Waals surface area contributed by atoms with E-state index >= 15 is 0 Å². The third-order valence-corrected chi connectivity index (χ3v) is 4.29. The van der Waals surface area contributed by atoms with Gasteiger partial charge in [-0.1, -0.05) is 29.8 Å². The van der Waals surface area contributed by atoms with E-state index in [0.29, 0.717) is 37.4 Å². The monoisotopic (exact) mass is 357 g/mol. The van der Waals surface area contributed by atoms with Crippen LogP contribution in [0.4, 0.5) is 0 Å². The van der Waals surface area contributed by atoms with E-state index in [9.17, 15) is 9.90 Å². The highest BCUT2D eigenvalue weighted by Gasteiger charge is 2.16. The number of hydrogen-bond acceptors (Lipinski definition) is 4. The number of carbonyl (C=O) groups excluding carboxylic acids is 1. The minimum Gasteiger partial charge on any atom is -0.497 e. The fourth-order valence-corrected chi connectivity index (χ4v) is 2.88. The Balaban J connectivity index is 2.06. The molecule has 2 rings (SSSR count). The third-order valence-electron chi connectivity index (χ3n) is 4.29. The first-order valence-corrected chi connectivity index (χ1v) is 8.72. The molecule has 0 atom stereocenters. The van der Waals surface area contributed by atoms with E-state index in [-0.39, 0.29) is 12.5 Å². The molecule has 26 heavy (non-hydrogen) atoms. The highest BCUT2D eigenvalue weighted by Crippen LogP contribution is 2.26. The SMILES string of the molecule is COc1ccc(CN(CCO)C(=O)CCc2cccc(C)c2)c(OC)c1. The first kappa shape index (κ1) is 19.8. The molecule has 0 aliphatic carbocycles. The lowest BCUT2D eigenvalue weighted by Gasteiger charge is -2.23. The summed E-state index contributed by atoms with van der Waals surface area (Å²) in [5.41, 5.74) is 3.21. The second-order valence-electron chi connectivity index (χ2n) is 6.21. The van der Waals surface area contributed by atoms with Gasteiger partial charge in [0.25, 0.3) is 0 Å². The third kappa shape index (κ3) is 5.49. The zero-order chi connectivity index (χ0) is 18.9. The van der Waals surface area contributed by atoms with E-state index in [1.807, 2.05) is 37.3 Å². The van der Waals surface area contributed by atoms with Crippen LogP contribution in [0.1, 0.15) is 23.1 Å². The summed E-state index contributed by atoms with van der Waals surface area (Å²) in [6.07, 6.45) is 1.09. The normalized spacial score (nSPS) is 10.5. The number of aliphatic hydroxyl groups excluding tert-OH is 1. The Morgan fingerprint density at radius 3 is 2.58 bits per heavy atom. The van der Waals surface area contributed by atoms with E-state index in [1.54, 1.807) is 25.2 Å². The number of ether oxygens (including phenoxy) is 2. The van der Waals surface area contributed by atoms with Gasteiger partial charge in [0.05, 0.1) is 20.8 Å². The van der Waals surface area contributed by atoms with Crippen LogP contribution in [0.15, 0.2) is 42.5 Å².